The van der Waals surface area contributed by atoms with E-state index in [0.29, 0.717) is 6.61 Å². The third-order valence-corrected chi connectivity index (χ3v) is 2.17. The Morgan fingerprint density at radius 1 is 1.12 bits per heavy atom. The molecule has 0 fully saturated rings. The maximum Gasteiger partial charge on any atom is 0.157 e. The number of para-hydroxylation sites is 1. The Kier molecular flexibility index (Phi) is 5.29. The molecule has 0 bridgehead atoms. The van der Waals surface area contributed by atoms with Gasteiger partial charge in [-0.15, -0.1) is 0 Å². The SMILES string of the molecule is CC(C)C(O)O[C@@H](C)COc1ccccc1. The zero-order chi connectivity index (χ0) is 12.0. The standard InChI is InChI=1S/C13H20O3/c1-10(2)13(14)16-11(3)9-15-12-7-5-4-6-8-12/h4-8,10-11,13-14H,9H2,1-3H3/t11-,13?/m0/s1. The van der Waals surface area contributed by atoms with Crippen molar-refractivity contribution in [2.24, 2.45) is 5.92 Å². The summed E-state index contributed by atoms with van der Waals surface area (Å²) < 4.78 is 10.9. The molecular formula is C13H20O3. The van der Waals surface area contributed by atoms with Crippen LogP contribution in [-0.2, 0) is 4.74 Å². The lowest BCUT2D eigenvalue weighted by atomic mass is 10.2. The maximum absolute atomic E-state index is 9.52. The molecule has 0 aliphatic carbocycles. The van der Waals surface area contributed by atoms with Crippen LogP contribution in [0.1, 0.15) is 20.8 Å². The molecule has 1 N–H and O–H groups in total. The van der Waals surface area contributed by atoms with Gasteiger partial charge in [0.1, 0.15) is 12.4 Å². The molecule has 1 aromatic rings. The first-order chi connectivity index (χ1) is 7.59. The van der Waals surface area contributed by atoms with E-state index in [9.17, 15) is 5.11 Å². The molecule has 0 saturated carbocycles. The third-order valence-electron chi connectivity index (χ3n) is 2.17. The zero-order valence-corrected chi connectivity index (χ0v) is 10.1. The lowest BCUT2D eigenvalue weighted by Crippen LogP contribution is -2.28. The van der Waals surface area contributed by atoms with Crippen molar-refractivity contribution in [2.75, 3.05) is 6.61 Å². The summed E-state index contributed by atoms with van der Waals surface area (Å²) in [6.45, 7) is 6.15. The number of ether oxygens (including phenoxy) is 2. The van der Waals surface area contributed by atoms with Gasteiger partial charge in [0.15, 0.2) is 6.29 Å². The monoisotopic (exact) mass is 224 g/mol. The smallest absolute Gasteiger partial charge is 0.157 e. The van der Waals surface area contributed by atoms with Crippen molar-refractivity contribution >= 4 is 0 Å². The molecule has 0 heterocycles. The Morgan fingerprint density at radius 3 is 2.31 bits per heavy atom. The molecule has 1 aromatic carbocycles. The second-order valence-corrected chi connectivity index (χ2v) is 4.21. The average molecular weight is 224 g/mol. The predicted molar refractivity (Wildman–Crippen MR) is 63.3 cm³/mol. The van der Waals surface area contributed by atoms with Gasteiger partial charge in [0.05, 0.1) is 6.10 Å². The van der Waals surface area contributed by atoms with E-state index in [4.69, 9.17) is 9.47 Å². The molecule has 90 valence electrons. The van der Waals surface area contributed by atoms with Crippen molar-refractivity contribution in [3.8, 4) is 5.75 Å². The van der Waals surface area contributed by atoms with Crippen LogP contribution in [0.25, 0.3) is 0 Å². The Bertz CT molecular complexity index is 284. The van der Waals surface area contributed by atoms with Crippen molar-refractivity contribution < 1.29 is 14.6 Å². The minimum atomic E-state index is -0.727. The number of benzene rings is 1. The predicted octanol–water partition coefficient (Wildman–Crippen LogP) is 2.44. The maximum atomic E-state index is 9.52. The Hall–Kier alpha value is -1.06. The van der Waals surface area contributed by atoms with Crippen LogP contribution >= 0.6 is 0 Å². The van der Waals surface area contributed by atoms with E-state index in [2.05, 4.69) is 0 Å². The fourth-order valence-electron chi connectivity index (χ4n) is 1.16. The summed E-state index contributed by atoms with van der Waals surface area (Å²) in [6.07, 6.45) is -0.855. The molecule has 0 aliphatic heterocycles. The average Bonchev–Trinajstić information content (AvgIpc) is 2.27. The molecule has 2 atom stereocenters. The van der Waals surface area contributed by atoms with Crippen LogP contribution in [0.3, 0.4) is 0 Å². The summed E-state index contributed by atoms with van der Waals surface area (Å²) >= 11 is 0. The molecule has 0 saturated heterocycles. The number of hydrogen-bond donors (Lipinski definition) is 1. The molecule has 0 aliphatic rings. The van der Waals surface area contributed by atoms with Crippen LogP contribution < -0.4 is 4.74 Å². The summed E-state index contributed by atoms with van der Waals surface area (Å²) in [5, 5.41) is 9.52. The van der Waals surface area contributed by atoms with Gasteiger partial charge in [-0.1, -0.05) is 32.0 Å². The molecule has 1 rings (SSSR count). The number of hydrogen-bond acceptors (Lipinski definition) is 3. The highest BCUT2D eigenvalue weighted by atomic mass is 16.6. The molecule has 3 nitrogen and oxygen atoms in total. The molecule has 3 heteroatoms. The van der Waals surface area contributed by atoms with Crippen molar-refractivity contribution in [3.63, 3.8) is 0 Å². The number of rotatable bonds is 6. The summed E-state index contributed by atoms with van der Waals surface area (Å²) in [7, 11) is 0. The first-order valence-corrected chi connectivity index (χ1v) is 5.61. The quantitative estimate of drug-likeness (QED) is 0.754. The Labute approximate surface area is 97.0 Å². The topological polar surface area (TPSA) is 38.7 Å². The van der Waals surface area contributed by atoms with Crippen LogP contribution in [0.4, 0.5) is 0 Å². The lowest BCUT2D eigenvalue weighted by Gasteiger charge is -2.20. The van der Waals surface area contributed by atoms with E-state index >= 15 is 0 Å². The van der Waals surface area contributed by atoms with E-state index in [0.717, 1.165) is 5.75 Å². The summed E-state index contributed by atoms with van der Waals surface area (Å²) in [5.41, 5.74) is 0. The minimum absolute atomic E-state index is 0.0965. The van der Waals surface area contributed by atoms with E-state index in [1.165, 1.54) is 0 Å². The van der Waals surface area contributed by atoms with Gasteiger partial charge in [0, 0.05) is 5.92 Å². The van der Waals surface area contributed by atoms with Gasteiger partial charge >= 0.3 is 0 Å². The van der Waals surface area contributed by atoms with Crippen LogP contribution in [-0.4, -0.2) is 24.1 Å². The summed E-state index contributed by atoms with van der Waals surface area (Å²) in [5.74, 6) is 0.913. The van der Waals surface area contributed by atoms with E-state index in [1.807, 2.05) is 51.1 Å². The van der Waals surface area contributed by atoms with Gasteiger partial charge < -0.3 is 14.6 Å². The number of aliphatic hydroxyl groups excluding tert-OH is 1. The third kappa shape index (κ3) is 4.64. The Balaban J connectivity index is 2.28. The summed E-state index contributed by atoms with van der Waals surface area (Å²) in [6, 6.07) is 9.57. The fourth-order valence-corrected chi connectivity index (χ4v) is 1.16. The van der Waals surface area contributed by atoms with E-state index in [-0.39, 0.29) is 12.0 Å². The Morgan fingerprint density at radius 2 is 1.75 bits per heavy atom. The zero-order valence-electron chi connectivity index (χ0n) is 10.1. The van der Waals surface area contributed by atoms with Gasteiger partial charge in [-0.2, -0.15) is 0 Å². The molecule has 0 radical (unpaired) electrons. The highest BCUT2D eigenvalue weighted by molar-refractivity contribution is 5.20. The van der Waals surface area contributed by atoms with Crippen molar-refractivity contribution in [1.29, 1.82) is 0 Å². The van der Waals surface area contributed by atoms with Crippen molar-refractivity contribution in [3.05, 3.63) is 30.3 Å². The van der Waals surface area contributed by atoms with E-state index in [1.54, 1.807) is 0 Å². The van der Waals surface area contributed by atoms with Crippen molar-refractivity contribution in [2.45, 2.75) is 33.2 Å². The van der Waals surface area contributed by atoms with Gasteiger partial charge in [-0.3, -0.25) is 0 Å². The first-order valence-electron chi connectivity index (χ1n) is 5.61. The molecular weight excluding hydrogens is 204 g/mol. The van der Waals surface area contributed by atoms with Crippen LogP contribution in [0.5, 0.6) is 5.75 Å². The van der Waals surface area contributed by atoms with Crippen LogP contribution in [0.15, 0.2) is 30.3 Å². The first kappa shape index (κ1) is 13.0. The highest BCUT2D eigenvalue weighted by Gasteiger charge is 2.13. The van der Waals surface area contributed by atoms with E-state index < -0.39 is 6.29 Å². The fraction of sp³-hybridized carbons (Fsp3) is 0.538. The van der Waals surface area contributed by atoms with Gasteiger partial charge in [-0.05, 0) is 19.1 Å². The second kappa shape index (κ2) is 6.51. The second-order valence-electron chi connectivity index (χ2n) is 4.21. The molecule has 0 spiro atoms. The molecule has 16 heavy (non-hydrogen) atoms. The molecule has 0 aromatic heterocycles. The van der Waals surface area contributed by atoms with Gasteiger partial charge in [-0.25, -0.2) is 0 Å². The summed E-state index contributed by atoms with van der Waals surface area (Å²) in [4.78, 5) is 0. The van der Waals surface area contributed by atoms with Crippen LogP contribution in [0.2, 0.25) is 0 Å². The molecule has 1 unspecified atom stereocenters. The highest BCUT2D eigenvalue weighted by Crippen LogP contribution is 2.11. The minimum Gasteiger partial charge on any atom is -0.491 e. The van der Waals surface area contributed by atoms with Crippen molar-refractivity contribution in [1.82, 2.24) is 0 Å². The molecule has 0 amide bonds. The lowest BCUT2D eigenvalue weighted by molar-refractivity contribution is -0.160. The van der Waals surface area contributed by atoms with Gasteiger partial charge in [0.2, 0.25) is 0 Å². The normalized spacial score (nSPS) is 14.8. The largest absolute Gasteiger partial charge is 0.491 e. The number of aliphatic hydroxyl groups is 1. The van der Waals surface area contributed by atoms with Gasteiger partial charge in [0.25, 0.3) is 0 Å². The van der Waals surface area contributed by atoms with Crippen LogP contribution in [0, 0.1) is 5.92 Å².